The smallest absolute Gasteiger partial charge is 0.287 e. The highest BCUT2D eigenvalue weighted by Gasteiger charge is 2.49. The van der Waals surface area contributed by atoms with Gasteiger partial charge in [-0.1, -0.05) is 66.7 Å². The molecule has 0 unspecified atom stereocenters. The number of hydrogen-bond donors (Lipinski definition) is 0. The summed E-state index contributed by atoms with van der Waals surface area (Å²) in [7, 11) is -2.32. The number of hydrogen-bond acceptors (Lipinski definition) is 1. The lowest BCUT2D eigenvalue weighted by molar-refractivity contribution is 0.613. The molecule has 0 aliphatic carbocycles. The van der Waals surface area contributed by atoms with Crippen LogP contribution in [0.1, 0.15) is 11.1 Å². The maximum Gasteiger partial charge on any atom is 0.287 e. The third-order valence-corrected chi connectivity index (χ3v) is 8.48. The Labute approximate surface area is 168 Å². The van der Waals surface area contributed by atoms with Crippen molar-refractivity contribution in [3.63, 3.8) is 0 Å². The Hall–Kier alpha value is -2.89. The van der Waals surface area contributed by atoms with Crippen LogP contribution in [0.5, 0.6) is 5.75 Å². The summed E-state index contributed by atoms with van der Waals surface area (Å²) in [6.45, 7) is 4.23. The third kappa shape index (κ3) is 3.46. The minimum absolute atomic E-state index is 0.949. The van der Waals surface area contributed by atoms with Crippen molar-refractivity contribution in [1.29, 1.82) is 0 Å². The van der Waals surface area contributed by atoms with Gasteiger partial charge in [0.2, 0.25) is 0 Å². The molecule has 4 rings (SSSR count). The zero-order valence-electron chi connectivity index (χ0n) is 16.2. The first kappa shape index (κ1) is 18.5. The summed E-state index contributed by atoms with van der Waals surface area (Å²) in [5.74, 6) is 0.949. The molecule has 0 radical (unpaired) electrons. The van der Waals surface area contributed by atoms with E-state index in [1.165, 1.54) is 21.5 Å². The molecule has 0 fully saturated rings. The molecule has 0 aliphatic heterocycles. The van der Waals surface area contributed by atoms with Gasteiger partial charge < -0.3 is 4.52 Å². The maximum atomic E-state index is 7.08. The molecule has 0 aliphatic rings. The van der Waals surface area contributed by atoms with Crippen LogP contribution in [0.4, 0.5) is 0 Å². The fourth-order valence-electron chi connectivity index (χ4n) is 3.47. The van der Waals surface area contributed by atoms with Gasteiger partial charge in [0.1, 0.15) is 15.9 Å². The van der Waals surface area contributed by atoms with Crippen LogP contribution < -0.4 is 20.4 Å². The van der Waals surface area contributed by atoms with Crippen LogP contribution in [0.25, 0.3) is 0 Å². The molecule has 2 heteroatoms. The largest absolute Gasteiger partial charge is 0.334 e. The van der Waals surface area contributed by atoms with Gasteiger partial charge in [0.25, 0.3) is 7.49 Å². The fraction of sp³-hybridized carbons (Fsp3) is 0.0769. The zero-order valence-corrected chi connectivity index (χ0v) is 17.1. The van der Waals surface area contributed by atoms with Crippen molar-refractivity contribution in [1.82, 2.24) is 0 Å². The van der Waals surface area contributed by atoms with Crippen molar-refractivity contribution < 1.29 is 4.52 Å². The highest BCUT2D eigenvalue weighted by Crippen LogP contribution is 2.56. The van der Waals surface area contributed by atoms with Crippen LogP contribution >= 0.6 is 7.49 Å². The Morgan fingerprint density at radius 3 is 1.39 bits per heavy atom. The first-order valence-corrected chi connectivity index (χ1v) is 11.2. The van der Waals surface area contributed by atoms with Crippen molar-refractivity contribution >= 4 is 23.4 Å². The molecular formula is C26H24OP+. The van der Waals surface area contributed by atoms with Crippen LogP contribution in [0.3, 0.4) is 0 Å². The number of rotatable bonds is 5. The third-order valence-electron chi connectivity index (χ3n) is 4.94. The fourth-order valence-corrected chi connectivity index (χ4v) is 6.95. The lowest BCUT2D eigenvalue weighted by Gasteiger charge is -2.27. The Kier molecular flexibility index (Phi) is 5.28. The summed E-state index contributed by atoms with van der Waals surface area (Å²) >= 11 is 0. The van der Waals surface area contributed by atoms with E-state index in [9.17, 15) is 0 Å². The molecule has 0 aromatic heterocycles. The van der Waals surface area contributed by atoms with Gasteiger partial charge in [0.15, 0.2) is 5.75 Å². The highest BCUT2D eigenvalue weighted by molar-refractivity contribution is 7.92. The molecule has 138 valence electrons. The summed E-state index contributed by atoms with van der Waals surface area (Å²) in [5, 5.41) is 3.65. The minimum atomic E-state index is -2.32. The molecular weight excluding hydrogens is 359 g/mol. The van der Waals surface area contributed by atoms with Gasteiger partial charge in [0.05, 0.1) is 0 Å². The molecule has 0 heterocycles. The second kappa shape index (κ2) is 8.00. The Bertz CT molecular complexity index is 947. The standard InChI is InChI=1S/C26H24OP/c1-21-18-19-22(2)26(20-21)27-28(23-12-6-3-7-13-23,24-14-8-4-9-15-24)25-16-10-5-11-17-25/h3-20H,1-2H3/q+1. The van der Waals surface area contributed by atoms with Crippen molar-refractivity contribution in [2.45, 2.75) is 13.8 Å². The number of benzene rings is 4. The van der Waals surface area contributed by atoms with E-state index in [1.54, 1.807) is 0 Å². The van der Waals surface area contributed by atoms with Crippen molar-refractivity contribution in [3.8, 4) is 5.75 Å². The summed E-state index contributed by atoms with van der Waals surface area (Å²) < 4.78 is 7.08. The van der Waals surface area contributed by atoms with E-state index in [0.29, 0.717) is 0 Å². The predicted molar refractivity (Wildman–Crippen MR) is 122 cm³/mol. The molecule has 0 N–H and O–H groups in total. The lowest BCUT2D eigenvalue weighted by atomic mass is 10.1. The molecule has 1 nitrogen and oxygen atoms in total. The summed E-state index contributed by atoms with van der Waals surface area (Å²) in [6, 6.07) is 38.4. The predicted octanol–water partition coefficient (Wildman–Crippen LogP) is 5.59. The van der Waals surface area contributed by atoms with E-state index >= 15 is 0 Å². The normalized spacial score (nSPS) is 11.2. The number of aryl methyl sites for hydroxylation is 2. The van der Waals surface area contributed by atoms with Crippen LogP contribution in [0.2, 0.25) is 0 Å². The summed E-state index contributed by atoms with van der Waals surface area (Å²) in [6.07, 6.45) is 0. The molecule has 4 aromatic rings. The zero-order chi connectivity index (χ0) is 19.4. The monoisotopic (exact) mass is 383 g/mol. The first-order chi connectivity index (χ1) is 13.7. The van der Waals surface area contributed by atoms with E-state index in [2.05, 4.69) is 123 Å². The van der Waals surface area contributed by atoms with Crippen molar-refractivity contribution in [3.05, 3.63) is 120 Å². The second-order valence-corrected chi connectivity index (χ2v) is 9.93. The van der Waals surface area contributed by atoms with Crippen molar-refractivity contribution in [2.24, 2.45) is 0 Å². The lowest BCUT2D eigenvalue weighted by Crippen LogP contribution is -2.35. The molecule has 0 saturated heterocycles. The van der Waals surface area contributed by atoms with Gasteiger partial charge in [-0.2, -0.15) is 0 Å². The van der Waals surface area contributed by atoms with E-state index < -0.39 is 7.49 Å². The van der Waals surface area contributed by atoms with Gasteiger partial charge in [-0.25, -0.2) is 0 Å². The Morgan fingerprint density at radius 2 is 0.964 bits per heavy atom. The molecule has 4 aromatic carbocycles. The summed E-state index contributed by atoms with van der Waals surface area (Å²) in [4.78, 5) is 0. The second-order valence-electron chi connectivity index (χ2n) is 6.98. The molecule has 0 spiro atoms. The van der Waals surface area contributed by atoms with Gasteiger partial charge >= 0.3 is 0 Å². The minimum Gasteiger partial charge on any atom is -0.334 e. The van der Waals surface area contributed by atoms with Crippen LogP contribution in [-0.2, 0) is 0 Å². The SMILES string of the molecule is Cc1ccc(C)c(O[P+](c2ccccc2)(c2ccccc2)c2ccccc2)c1. The average molecular weight is 383 g/mol. The average Bonchev–Trinajstić information content (AvgIpc) is 2.76. The van der Waals surface area contributed by atoms with E-state index in [4.69, 9.17) is 4.52 Å². The molecule has 0 atom stereocenters. The van der Waals surface area contributed by atoms with Crippen LogP contribution in [-0.4, -0.2) is 0 Å². The quantitative estimate of drug-likeness (QED) is 0.408. The van der Waals surface area contributed by atoms with E-state index in [0.717, 1.165) is 11.3 Å². The molecule has 0 amide bonds. The first-order valence-electron chi connectivity index (χ1n) is 9.53. The van der Waals surface area contributed by atoms with Gasteiger partial charge in [-0.15, -0.1) is 0 Å². The van der Waals surface area contributed by atoms with Gasteiger partial charge in [0, 0.05) is 0 Å². The van der Waals surface area contributed by atoms with Crippen LogP contribution in [0, 0.1) is 13.8 Å². The van der Waals surface area contributed by atoms with Gasteiger partial charge in [-0.3, -0.25) is 0 Å². The van der Waals surface area contributed by atoms with E-state index in [1.807, 2.05) is 0 Å². The van der Waals surface area contributed by atoms with E-state index in [-0.39, 0.29) is 0 Å². The van der Waals surface area contributed by atoms with Crippen molar-refractivity contribution in [2.75, 3.05) is 0 Å². The topological polar surface area (TPSA) is 9.23 Å². The highest BCUT2D eigenvalue weighted by atomic mass is 31.2. The van der Waals surface area contributed by atoms with Crippen LogP contribution in [0.15, 0.2) is 109 Å². The summed E-state index contributed by atoms with van der Waals surface area (Å²) in [5.41, 5.74) is 2.35. The Morgan fingerprint density at radius 1 is 0.536 bits per heavy atom. The molecule has 0 bridgehead atoms. The van der Waals surface area contributed by atoms with Gasteiger partial charge in [-0.05, 0) is 67.4 Å². The Balaban J connectivity index is 2.02. The molecule has 28 heavy (non-hydrogen) atoms. The molecule has 0 saturated carbocycles. The maximum absolute atomic E-state index is 7.08.